The van der Waals surface area contributed by atoms with Crippen molar-refractivity contribution >= 4 is 47.4 Å². The minimum atomic E-state index is -0.0949. The van der Waals surface area contributed by atoms with Gasteiger partial charge in [0.05, 0.1) is 0 Å². The van der Waals surface area contributed by atoms with E-state index in [1.165, 1.54) is 5.56 Å². The van der Waals surface area contributed by atoms with Crippen molar-refractivity contribution in [3.8, 4) is 0 Å². The zero-order chi connectivity index (χ0) is 22.1. The van der Waals surface area contributed by atoms with E-state index in [1.54, 1.807) is 13.1 Å². The quantitative estimate of drug-likeness (QED) is 0.282. The lowest BCUT2D eigenvalue weighted by atomic mass is 10.0. The lowest BCUT2D eigenvalue weighted by molar-refractivity contribution is -0.117. The van der Waals surface area contributed by atoms with Crippen LogP contribution in [0.25, 0.3) is 0 Å². The molecule has 0 bridgehead atoms. The molecule has 2 amide bonds. The fourth-order valence-electron chi connectivity index (χ4n) is 3.70. The molecule has 0 atom stereocenters. The molecule has 2 aromatic carbocycles. The molecule has 2 aromatic rings. The second-order valence-electron chi connectivity index (χ2n) is 7.43. The Morgan fingerprint density at radius 3 is 2.69 bits per heavy atom. The number of benzene rings is 2. The summed E-state index contributed by atoms with van der Waals surface area (Å²) in [5.74, 6) is 0.522. The SMILES string of the molecule is CCNC(=NCC(=O)N1CCCc2ccccc21)NCCc1cccc(C(=O)NC)c1.I. The van der Waals surface area contributed by atoms with Crippen molar-refractivity contribution < 1.29 is 9.59 Å². The second kappa shape index (κ2) is 13.0. The molecule has 0 aliphatic carbocycles. The van der Waals surface area contributed by atoms with Crippen molar-refractivity contribution in [3.05, 3.63) is 65.2 Å². The number of anilines is 1. The van der Waals surface area contributed by atoms with Gasteiger partial charge in [-0.25, -0.2) is 4.99 Å². The van der Waals surface area contributed by atoms with Crippen LogP contribution < -0.4 is 20.9 Å². The van der Waals surface area contributed by atoms with Gasteiger partial charge < -0.3 is 20.9 Å². The van der Waals surface area contributed by atoms with Gasteiger partial charge in [0.25, 0.3) is 5.91 Å². The van der Waals surface area contributed by atoms with Crippen molar-refractivity contribution in [1.82, 2.24) is 16.0 Å². The van der Waals surface area contributed by atoms with E-state index < -0.39 is 0 Å². The van der Waals surface area contributed by atoms with E-state index in [0.717, 1.165) is 37.1 Å². The molecule has 0 aromatic heterocycles. The predicted molar refractivity (Wildman–Crippen MR) is 140 cm³/mol. The number of fused-ring (bicyclic) bond motifs is 1. The average Bonchev–Trinajstić information content (AvgIpc) is 2.81. The Kier molecular flexibility index (Phi) is 10.5. The van der Waals surface area contributed by atoms with Crippen molar-refractivity contribution in [1.29, 1.82) is 0 Å². The first-order chi connectivity index (χ1) is 15.1. The molecule has 1 aliphatic rings. The largest absolute Gasteiger partial charge is 0.357 e. The third-order valence-electron chi connectivity index (χ3n) is 5.25. The number of carbonyl (C=O) groups excluding carboxylic acids is 2. The van der Waals surface area contributed by atoms with Crippen LogP contribution in [0.5, 0.6) is 0 Å². The van der Waals surface area contributed by atoms with Crippen LogP contribution in [0, 0.1) is 0 Å². The molecule has 0 spiro atoms. The number of hydrogen-bond donors (Lipinski definition) is 3. The van der Waals surface area contributed by atoms with Crippen LogP contribution in [-0.4, -0.2) is 51.0 Å². The van der Waals surface area contributed by atoms with Crippen molar-refractivity contribution in [2.75, 3.05) is 38.1 Å². The summed E-state index contributed by atoms with van der Waals surface area (Å²) in [6, 6.07) is 15.6. The minimum Gasteiger partial charge on any atom is -0.357 e. The van der Waals surface area contributed by atoms with Gasteiger partial charge in [-0.3, -0.25) is 9.59 Å². The summed E-state index contributed by atoms with van der Waals surface area (Å²) in [5, 5.41) is 9.11. The van der Waals surface area contributed by atoms with Gasteiger partial charge >= 0.3 is 0 Å². The molecule has 0 fully saturated rings. The summed E-state index contributed by atoms with van der Waals surface area (Å²) in [6.45, 7) is 4.17. The van der Waals surface area contributed by atoms with Crippen LogP contribution in [0.2, 0.25) is 0 Å². The van der Waals surface area contributed by atoms with Gasteiger partial charge in [-0.15, -0.1) is 24.0 Å². The third-order valence-corrected chi connectivity index (χ3v) is 5.25. The summed E-state index contributed by atoms with van der Waals surface area (Å²) in [5.41, 5.74) is 3.93. The molecular weight excluding hydrogens is 517 g/mol. The highest BCUT2D eigenvalue weighted by atomic mass is 127. The first-order valence-corrected chi connectivity index (χ1v) is 10.8. The summed E-state index contributed by atoms with van der Waals surface area (Å²) in [7, 11) is 1.62. The summed E-state index contributed by atoms with van der Waals surface area (Å²) in [4.78, 5) is 31.0. The van der Waals surface area contributed by atoms with Crippen LogP contribution in [-0.2, 0) is 17.6 Å². The number of aliphatic imine (C=N–C) groups is 1. The number of para-hydroxylation sites is 1. The third kappa shape index (κ3) is 6.94. The predicted octanol–water partition coefficient (Wildman–Crippen LogP) is 2.74. The normalized spacial score (nSPS) is 12.9. The van der Waals surface area contributed by atoms with E-state index >= 15 is 0 Å². The molecule has 0 saturated carbocycles. The Hall–Kier alpha value is -2.62. The van der Waals surface area contributed by atoms with E-state index in [4.69, 9.17) is 0 Å². The number of carbonyl (C=O) groups is 2. The average molecular weight is 549 g/mol. The Morgan fingerprint density at radius 1 is 1.09 bits per heavy atom. The standard InChI is InChI=1S/C24H31N5O2.HI/c1-3-26-24(27-14-13-18-8-6-10-20(16-18)23(31)25-2)28-17-22(30)29-15-7-11-19-9-4-5-12-21(19)29;/h4-6,8-10,12,16H,3,7,11,13-15,17H2,1-2H3,(H,25,31)(H2,26,27,28);1H. The van der Waals surface area contributed by atoms with Crippen LogP contribution in [0.4, 0.5) is 5.69 Å². The zero-order valence-corrected chi connectivity index (χ0v) is 21.0. The maximum absolute atomic E-state index is 12.8. The zero-order valence-electron chi connectivity index (χ0n) is 18.7. The topological polar surface area (TPSA) is 85.8 Å². The lowest BCUT2D eigenvalue weighted by Gasteiger charge is -2.29. The minimum absolute atomic E-state index is 0. The van der Waals surface area contributed by atoms with Gasteiger partial charge in [0.2, 0.25) is 5.91 Å². The number of nitrogens with one attached hydrogen (secondary N) is 3. The molecule has 3 N–H and O–H groups in total. The molecule has 7 nitrogen and oxygen atoms in total. The monoisotopic (exact) mass is 549 g/mol. The molecule has 172 valence electrons. The Morgan fingerprint density at radius 2 is 1.91 bits per heavy atom. The van der Waals surface area contributed by atoms with Crippen LogP contribution in [0.1, 0.15) is 34.8 Å². The molecule has 1 aliphatic heterocycles. The van der Waals surface area contributed by atoms with E-state index in [-0.39, 0.29) is 42.3 Å². The number of guanidine groups is 1. The molecule has 8 heteroatoms. The molecule has 3 rings (SSSR count). The number of rotatable bonds is 7. The van der Waals surface area contributed by atoms with Gasteiger partial charge in [-0.1, -0.05) is 30.3 Å². The first kappa shape index (κ1) is 25.6. The smallest absolute Gasteiger partial charge is 0.251 e. The van der Waals surface area contributed by atoms with Gasteiger partial charge in [-0.05, 0) is 55.5 Å². The van der Waals surface area contributed by atoms with Crippen LogP contribution in [0.3, 0.4) is 0 Å². The molecule has 0 radical (unpaired) electrons. The first-order valence-electron chi connectivity index (χ1n) is 10.8. The van der Waals surface area contributed by atoms with Crippen molar-refractivity contribution in [2.45, 2.75) is 26.2 Å². The van der Waals surface area contributed by atoms with E-state index in [9.17, 15) is 9.59 Å². The molecule has 0 unspecified atom stereocenters. The number of amides is 2. The highest BCUT2D eigenvalue weighted by molar-refractivity contribution is 14.0. The summed E-state index contributed by atoms with van der Waals surface area (Å²) < 4.78 is 0. The van der Waals surface area contributed by atoms with Crippen LogP contribution >= 0.6 is 24.0 Å². The molecule has 0 saturated heterocycles. The van der Waals surface area contributed by atoms with Crippen molar-refractivity contribution in [2.24, 2.45) is 4.99 Å². The van der Waals surface area contributed by atoms with E-state index in [2.05, 4.69) is 27.0 Å². The fourth-order valence-corrected chi connectivity index (χ4v) is 3.70. The van der Waals surface area contributed by atoms with Crippen molar-refractivity contribution in [3.63, 3.8) is 0 Å². The second-order valence-corrected chi connectivity index (χ2v) is 7.43. The number of hydrogen-bond acceptors (Lipinski definition) is 3. The summed E-state index contributed by atoms with van der Waals surface area (Å²) in [6.07, 6.45) is 2.72. The maximum atomic E-state index is 12.8. The van der Waals surface area contributed by atoms with Gasteiger partial charge in [0, 0.05) is 37.9 Å². The molecular formula is C24H32IN5O2. The van der Waals surface area contributed by atoms with Crippen LogP contribution in [0.15, 0.2) is 53.5 Å². The van der Waals surface area contributed by atoms with Gasteiger partial charge in [0.1, 0.15) is 6.54 Å². The molecule has 32 heavy (non-hydrogen) atoms. The van der Waals surface area contributed by atoms with Gasteiger partial charge in [0.15, 0.2) is 5.96 Å². The highest BCUT2D eigenvalue weighted by Crippen LogP contribution is 2.26. The molecule has 1 heterocycles. The Labute approximate surface area is 207 Å². The highest BCUT2D eigenvalue weighted by Gasteiger charge is 2.21. The number of halogens is 1. The van der Waals surface area contributed by atoms with Gasteiger partial charge in [-0.2, -0.15) is 0 Å². The Bertz CT molecular complexity index is 947. The lowest BCUT2D eigenvalue weighted by Crippen LogP contribution is -2.41. The summed E-state index contributed by atoms with van der Waals surface area (Å²) >= 11 is 0. The maximum Gasteiger partial charge on any atom is 0.251 e. The number of nitrogens with zero attached hydrogens (tertiary/aromatic N) is 2. The fraction of sp³-hybridized carbons (Fsp3) is 0.375. The Balaban J connectivity index is 0.00000363. The van der Waals surface area contributed by atoms with E-state index in [1.807, 2.05) is 48.2 Å². The number of aryl methyl sites for hydroxylation is 1. The van der Waals surface area contributed by atoms with E-state index in [0.29, 0.717) is 24.6 Å².